The topological polar surface area (TPSA) is 80.0 Å². The summed E-state index contributed by atoms with van der Waals surface area (Å²) >= 11 is 3.46. The lowest BCUT2D eigenvalue weighted by Gasteiger charge is -2.25. The summed E-state index contributed by atoms with van der Waals surface area (Å²) in [6, 6.07) is 10.8. The Bertz CT molecular complexity index is 1040. The number of carbonyl (C=O) groups excluding carboxylic acids is 1. The first-order valence-electron chi connectivity index (χ1n) is 12.3. The minimum Gasteiger partial charge on any atom is -0.496 e. The molecule has 0 aromatic heterocycles. The van der Waals surface area contributed by atoms with Crippen molar-refractivity contribution in [2.75, 3.05) is 26.7 Å². The summed E-state index contributed by atoms with van der Waals surface area (Å²) in [6.07, 6.45) is 4.24. The Hall–Kier alpha value is -2.45. The van der Waals surface area contributed by atoms with Gasteiger partial charge in [0.1, 0.15) is 11.6 Å². The zero-order chi connectivity index (χ0) is 25.4. The molecule has 0 spiro atoms. The van der Waals surface area contributed by atoms with Crippen LogP contribution in [0.3, 0.4) is 0 Å². The molecule has 35 heavy (non-hydrogen) atoms. The molecule has 0 bridgehead atoms. The first kappa shape index (κ1) is 27.1. The van der Waals surface area contributed by atoms with E-state index in [1.807, 2.05) is 18.2 Å². The van der Waals surface area contributed by atoms with E-state index < -0.39 is 11.7 Å². The highest BCUT2D eigenvalue weighted by Crippen LogP contribution is 2.29. The predicted molar refractivity (Wildman–Crippen MR) is 143 cm³/mol. The van der Waals surface area contributed by atoms with Crippen LogP contribution in [0, 0.1) is 11.7 Å². The lowest BCUT2D eigenvalue weighted by Crippen LogP contribution is -2.38. The fourth-order valence-corrected chi connectivity index (χ4v) is 5.37. The van der Waals surface area contributed by atoms with Gasteiger partial charge in [-0.25, -0.2) is 4.39 Å². The summed E-state index contributed by atoms with van der Waals surface area (Å²) in [5.41, 5.74) is 7.57. The number of aryl methyl sites for hydroxylation is 1. The molecule has 0 heterocycles. The number of hydrogen-bond acceptors (Lipinski definition) is 4. The maximum Gasteiger partial charge on any atom is 0.258 e. The van der Waals surface area contributed by atoms with E-state index >= 15 is 0 Å². The number of halogens is 2. The van der Waals surface area contributed by atoms with Gasteiger partial charge in [-0.3, -0.25) is 15.1 Å². The molecule has 8 heteroatoms. The lowest BCUT2D eigenvalue weighted by atomic mass is 9.98. The monoisotopic (exact) mass is 546 g/mol. The van der Waals surface area contributed by atoms with Gasteiger partial charge in [-0.15, -0.1) is 0 Å². The zero-order valence-corrected chi connectivity index (χ0v) is 22.4. The number of nitrogens with two attached hydrogens (primary N) is 1. The van der Waals surface area contributed by atoms with Crippen molar-refractivity contribution in [1.82, 2.24) is 10.2 Å². The molecular weight excluding hydrogens is 511 g/mol. The quantitative estimate of drug-likeness (QED) is 0.327. The van der Waals surface area contributed by atoms with E-state index in [1.54, 1.807) is 13.2 Å². The standard InChI is InChI=1S/C27H36BrFN4O2/c1-4-33(5-2)21-12-9-18(15-21)17-31-27(30)32-26(34)23-7-6-8-24(29)22(23)13-10-19-16-20(28)11-14-25(19)35-3/h6-8,11,14,16,18,21H,4-5,9-10,12-13,15,17H2,1-3H3,(H3,30,31,32,34). The third kappa shape index (κ3) is 7.27. The van der Waals surface area contributed by atoms with Crippen LogP contribution in [0.15, 0.2) is 45.9 Å². The van der Waals surface area contributed by atoms with Crippen molar-refractivity contribution in [3.05, 3.63) is 63.4 Å². The van der Waals surface area contributed by atoms with Crippen LogP contribution in [0.5, 0.6) is 5.75 Å². The molecule has 3 rings (SSSR count). The maximum absolute atomic E-state index is 14.7. The number of ether oxygens (including phenoxy) is 1. The molecule has 6 nitrogen and oxygen atoms in total. The molecule has 2 unspecified atom stereocenters. The smallest absolute Gasteiger partial charge is 0.258 e. The zero-order valence-electron chi connectivity index (χ0n) is 20.8. The summed E-state index contributed by atoms with van der Waals surface area (Å²) in [5, 5.41) is 2.65. The van der Waals surface area contributed by atoms with Crippen molar-refractivity contribution in [2.24, 2.45) is 16.6 Å². The Kier molecular flexibility index (Phi) is 10.1. The lowest BCUT2D eigenvalue weighted by molar-refractivity contribution is 0.0975. The first-order valence-corrected chi connectivity index (χ1v) is 13.1. The third-order valence-corrected chi connectivity index (χ3v) is 7.35. The van der Waals surface area contributed by atoms with Gasteiger partial charge in [-0.2, -0.15) is 0 Å². The van der Waals surface area contributed by atoms with Crippen LogP contribution in [0.4, 0.5) is 4.39 Å². The van der Waals surface area contributed by atoms with E-state index in [-0.39, 0.29) is 11.5 Å². The molecule has 2 aromatic rings. The second-order valence-electron chi connectivity index (χ2n) is 8.96. The minimum atomic E-state index is -0.450. The number of aliphatic imine (C=N–C) groups is 1. The summed E-state index contributed by atoms with van der Waals surface area (Å²) < 4.78 is 21.1. The number of benzene rings is 2. The Morgan fingerprint density at radius 2 is 2.00 bits per heavy atom. The average Bonchev–Trinajstić information content (AvgIpc) is 3.31. The van der Waals surface area contributed by atoms with Gasteiger partial charge in [0.25, 0.3) is 5.91 Å². The van der Waals surface area contributed by atoms with Crippen molar-refractivity contribution >= 4 is 27.8 Å². The average molecular weight is 548 g/mol. The summed E-state index contributed by atoms with van der Waals surface area (Å²) in [6.45, 7) is 7.08. The number of rotatable bonds is 10. The van der Waals surface area contributed by atoms with Crippen LogP contribution in [0.1, 0.15) is 54.6 Å². The molecule has 1 aliphatic rings. The van der Waals surface area contributed by atoms with Gasteiger partial charge < -0.3 is 15.4 Å². The van der Waals surface area contributed by atoms with E-state index in [4.69, 9.17) is 10.5 Å². The van der Waals surface area contributed by atoms with E-state index in [9.17, 15) is 9.18 Å². The molecule has 0 aliphatic heterocycles. The van der Waals surface area contributed by atoms with Gasteiger partial charge in [0.15, 0.2) is 5.96 Å². The van der Waals surface area contributed by atoms with Crippen molar-refractivity contribution in [1.29, 1.82) is 0 Å². The van der Waals surface area contributed by atoms with Crippen molar-refractivity contribution in [3.63, 3.8) is 0 Å². The molecule has 2 atom stereocenters. The third-order valence-electron chi connectivity index (χ3n) is 6.85. The number of hydrogen-bond donors (Lipinski definition) is 2. The number of amides is 1. The number of methoxy groups -OCH3 is 1. The highest BCUT2D eigenvalue weighted by Gasteiger charge is 2.27. The second-order valence-corrected chi connectivity index (χ2v) is 9.87. The molecule has 1 amide bonds. The Labute approximate surface area is 216 Å². The molecule has 3 N–H and O–H groups in total. The second kappa shape index (κ2) is 13.0. The number of nitrogens with zero attached hydrogens (tertiary/aromatic N) is 2. The van der Waals surface area contributed by atoms with Crippen LogP contribution in [0.2, 0.25) is 0 Å². The summed E-state index contributed by atoms with van der Waals surface area (Å²) in [5.74, 6) is 0.387. The molecule has 0 saturated heterocycles. The molecule has 1 fully saturated rings. The van der Waals surface area contributed by atoms with Gasteiger partial charge in [-0.05, 0) is 87.0 Å². The van der Waals surface area contributed by atoms with E-state index in [0.29, 0.717) is 36.9 Å². The van der Waals surface area contributed by atoms with Gasteiger partial charge in [0.05, 0.1) is 7.11 Å². The van der Waals surface area contributed by atoms with Crippen molar-refractivity contribution in [3.8, 4) is 5.75 Å². The Morgan fingerprint density at radius 1 is 1.23 bits per heavy atom. The largest absolute Gasteiger partial charge is 0.496 e. The van der Waals surface area contributed by atoms with Crippen LogP contribution < -0.4 is 15.8 Å². The summed E-state index contributed by atoms with van der Waals surface area (Å²) in [4.78, 5) is 19.9. The fraction of sp³-hybridized carbons (Fsp3) is 0.481. The van der Waals surface area contributed by atoms with Crippen LogP contribution in [-0.2, 0) is 12.8 Å². The Balaban J connectivity index is 1.63. The van der Waals surface area contributed by atoms with Crippen LogP contribution in [0.25, 0.3) is 0 Å². The van der Waals surface area contributed by atoms with Gasteiger partial charge in [0.2, 0.25) is 0 Å². The summed E-state index contributed by atoms with van der Waals surface area (Å²) in [7, 11) is 1.60. The van der Waals surface area contributed by atoms with Gasteiger partial charge in [0, 0.05) is 28.2 Å². The predicted octanol–water partition coefficient (Wildman–Crippen LogP) is 4.94. The number of carbonyl (C=O) groups is 1. The highest BCUT2D eigenvalue weighted by molar-refractivity contribution is 9.10. The SMILES string of the molecule is CCN(CC)C1CCC(CN=C(N)NC(=O)c2cccc(F)c2CCc2cc(Br)ccc2OC)C1. The van der Waals surface area contributed by atoms with Gasteiger partial charge >= 0.3 is 0 Å². The number of guanidine groups is 1. The molecule has 0 radical (unpaired) electrons. The molecule has 1 saturated carbocycles. The van der Waals surface area contributed by atoms with E-state index in [2.05, 4.69) is 45.0 Å². The fourth-order valence-electron chi connectivity index (χ4n) is 4.96. The molecule has 2 aromatic carbocycles. The van der Waals surface area contributed by atoms with E-state index in [1.165, 1.54) is 18.6 Å². The van der Waals surface area contributed by atoms with Crippen molar-refractivity contribution < 1.29 is 13.9 Å². The minimum absolute atomic E-state index is 0.0742. The first-order chi connectivity index (χ1) is 16.9. The van der Waals surface area contributed by atoms with Gasteiger partial charge in [-0.1, -0.05) is 35.8 Å². The molecular formula is C27H36BrFN4O2. The van der Waals surface area contributed by atoms with Crippen LogP contribution >= 0.6 is 15.9 Å². The normalized spacial score (nSPS) is 18.2. The maximum atomic E-state index is 14.7. The molecule has 1 aliphatic carbocycles. The van der Waals surface area contributed by atoms with E-state index in [0.717, 1.165) is 41.7 Å². The molecule has 190 valence electrons. The van der Waals surface area contributed by atoms with Crippen molar-refractivity contribution in [2.45, 2.75) is 52.0 Å². The highest BCUT2D eigenvalue weighted by atomic mass is 79.9. The number of nitrogens with one attached hydrogen (secondary N) is 1. The Morgan fingerprint density at radius 3 is 2.71 bits per heavy atom. The van der Waals surface area contributed by atoms with Crippen LogP contribution in [-0.4, -0.2) is 49.6 Å².